The number of piperidine rings is 1. The molecule has 134 valence electrons. The van der Waals surface area contributed by atoms with Crippen molar-refractivity contribution in [2.45, 2.75) is 77.5 Å². The van der Waals surface area contributed by atoms with Crippen molar-refractivity contribution < 1.29 is 4.79 Å². The van der Waals surface area contributed by atoms with Crippen molar-refractivity contribution in [1.29, 1.82) is 0 Å². The Balaban J connectivity index is 1.99. The normalized spacial score (nSPS) is 21.2. The van der Waals surface area contributed by atoms with Crippen molar-refractivity contribution >= 4 is 5.91 Å². The number of hydrogen-bond donors (Lipinski definition) is 2. The molecule has 0 aromatic heterocycles. The Kier molecular flexibility index (Phi) is 6.81. The highest BCUT2D eigenvalue weighted by atomic mass is 16.2. The molecule has 1 aromatic rings. The molecule has 1 heterocycles. The van der Waals surface area contributed by atoms with Crippen LogP contribution in [0.2, 0.25) is 0 Å². The Morgan fingerprint density at radius 3 is 2.71 bits per heavy atom. The van der Waals surface area contributed by atoms with Crippen LogP contribution in [-0.2, 0) is 17.9 Å². The van der Waals surface area contributed by atoms with E-state index in [0.717, 1.165) is 13.0 Å². The quantitative estimate of drug-likeness (QED) is 0.807. The predicted molar refractivity (Wildman–Crippen MR) is 99.5 cm³/mol. The topological polar surface area (TPSA) is 58.4 Å². The average molecular weight is 332 g/mol. The van der Waals surface area contributed by atoms with Crippen molar-refractivity contribution in [3.63, 3.8) is 0 Å². The number of likely N-dealkylation sites (tertiary alicyclic amines) is 1. The van der Waals surface area contributed by atoms with Crippen LogP contribution in [0.15, 0.2) is 24.3 Å². The molecule has 0 spiro atoms. The SMILES string of the molecule is CCCC(C)(N)C(=O)NCc1ccccc1CN1CCCCC1C. The van der Waals surface area contributed by atoms with E-state index in [0.29, 0.717) is 19.0 Å². The number of nitrogens with zero attached hydrogens (tertiary/aromatic N) is 1. The van der Waals surface area contributed by atoms with E-state index in [2.05, 4.69) is 35.3 Å². The first-order valence-electron chi connectivity index (χ1n) is 9.32. The van der Waals surface area contributed by atoms with E-state index >= 15 is 0 Å². The second-order valence-corrected chi connectivity index (χ2v) is 7.43. The van der Waals surface area contributed by atoms with Crippen LogP contribution in [0.3, 0.4) is 0 Å². The third-order valence-electron chi connectivity index (χ3n) is 5.16. The number of hydrogen-bond acceptors (Lipinski definition) is 3. The summed E-state index contributed by atoms with van der Waals surface area (Å²) in [6.45, 7) is 8.85. The lowest BCUT2D eigenvalue weighted by atomic mass is 9.96. The molecule has 0 saturated carbocycles. The number of carbonyl (C=O) groups excluding carboxylic acids is 1. The molecule has 4 nitrogen and oxygen atoms in total. The van der Waals surface area contributed by atoms with E-state index in [1.54, 1.807) is 0 Å². The van der Waals surface area contributed by atoms with Crippen molar-refractivity contribution in [2.24, 2.45) is 5.73 Å². The lowest BCUT2D eigenvalue weighted by molar-refractivity contribution is -0.126. The second-order valence-electron chi connectivity index (χ2n) is 7.43. The average Bonchev–Trinajstić information content (AvgIpc) is 2.55. The summed E-state index contributed by atoms with van der Waals surface area (Å²) in [6.07, 6.45) is 5.50. The summed E-state index contributed by atoms with van der Waals surface area (Å²) in [5.41, 5.74) is 7.83. The molecule has 3 N–H and O–H groups in total. The van der Waals surface area contributed by atoms with Gasteiger partial charge in [-0.25, -0.2) is 0 Å². The van der Waals surface area contributed by atoms with Crippen molar-refractivity contribution in [2.75, 3.05) is 6.54 Å². The van der Waals surface area contributed by atoms with Gasteiger partial charge in [0.2, 0.25) is 5.91 Å². The third-order valence-corrected chi connectivity index (χ3v) is 5.16. The molecule has 1 aliphatic rings. The molecule has 0 aliphatic carbocycles. The zero-order valence-electron chi connectivity index (χ0n) is 15.5. The number of carbonyl (C=O) groups is 1. The molecule has 2 atom stereocenters. The van der Waals surface area contributed by atoms with Gasteiger partial charge in [-0.2, -0.15) is 0 Å². The van der Waals surface area contributed by atoms with E-state index in [1.165, 1.54) is 36.9 Å². The van der Waals surface area contributed by atoms with Crippen molar-refractivity contribution in [1.82, 2.24) is 10.2 Å². The molecular weight excluding hydrogens is 298 g/mol. The molecule has 4 heteroatoms. The van der Waals surface area contributed by atoms with Crippen LogP contribution in [0.1, 0.15) is 64.0 Å². The van der Waals surface area contributed by atoms with Gasteiger partial charge in [-0.1, -0.05) is 44.0 Å². The standard InChI is InChI=1S/C20H33N3O/c1-4-12-20(3,21)19(24)22-14-17-10-5-6-11-18(17)15-23-13-8-7-9-16(23)2/h5-6,10-11,16H,4,7-9,12-15,21H2,1-3H3,(H,22,24). The molecular formula is C20H33N3O. The fourth-order valence-electron chi connectivity index (χ4n) is 3.51. The predicted octanol–water partition coefficient (Wildman–Crippen LogP) is 3.19. The molecule has 0 bridgehead atoms. The fraction of sp³-hybridized carbons (Fsp3) is 0.650. The number of rotatable bonds is 7. The van der Waals surface area contributed by atoms with Crippen LogP contribution in [0.25, 0.3) is 0 Å². The molecule has 1 aliphatic heterocycles. The molecule has 24 heavy (non-hydrogen) atoms. The largest absolute Gasteiger partial charge is 0.350 e. The number of amides is 1. The number of benzene rings is 1. The number of nitrogens with two attached hydrogens (primary N) is 1. The van der Waals surface area contributed by atoms with Gasteiger partial charge in [0.15, 0.2) is 0 Å². The summed E-state index contributed by atoms with van der Waals surface area (Å²) in [7, 11) is 0. The highest BCUT2D eigenvalue weighted by molar-refractivity contribution is 5.85. The van der Waals surface area contributed by atoms with Gasteiger partial charge >= 0.3 is 0 Å². The van der Waals surface area contributed by atoms with E-state index in [4.69, 9.17) is 5.73 Å². The molecule has 2 rings (SSSR count). The molecule has 0 radical (unpaired) electrons. The van der Waals surface area contributed by atoms with Gasteiger partial charge in [-0.3, -0.25) is 9.69 Å². The number of nitrogens with one attached hydrogen (secondary N) is 1. The summed E-state index contributed by atoms with van der Waals surface area (Å²) in [4.78, 5) is 14.9. The summed E-state index contributed by atoms with van der Waals surface area (Å²) in [5, 5.41) is 3.03. The van der Waals surface area contributed by atoms with Crippen LogP contribution < -0.4 is 11.1 Å². The maximum atomic E-state index is 12.3. The second kappa shape index (κ2) is 8.63. The Morgan fingerprint density at radius 1 is 1.33 bits per heavy atom. The molecule has 2 unspecified atom stereocenters. The minimum atomic E-state index is -0.787. The van der Waals surface area contributed by atoms with E-state index in [-0.39, 0.29) is 5.91 Å². The third kappa shape index (κ3) is 5.05. The maximum Gasteiger partial charge on any atom is 0.240 e. The van der Waals surface area contributed by atoms with E-state index in [9.17, 15) is 4.79 Å². The summed E-state index contributed by atoms with van der Waals surface area (Å²) in [6, 6.07) is 9.05. The van der Waals surface area contributed by atoms with Crippen molar-refractivity contribution in [3.05, 3.63) is 35.4 Å². The Hall–Kier alpha value is -1.39. The first-order chi connectivity index (χ1) is 11.4. The van der Waals surface area contributed by atoms with E-state index < -0.39 is 5.54 Å². The van der Waals surface area contributed by atoms with Crippen LogP contribution in [-0.4, -0.2) is 28.9 Å². The van der Waals surface area contributed by atoms with E-state index in [1.807, 2.05) is 19.9 Å². The van der Waals surface area contributed by atoms with Gasteiger partial charge in [0.05, 0.1) is 5.54 Å². The van der Waals surface area contributed by atoms with Gasteiger partial charge in [0, 0.05) is 19.1 Å². The van der Waals surface area contributed by atoms with Crippen LogP contribution in [0.5, 0.6) is 0 Å². The molecule has 1 fully saturated rings. The highest BCUT2D eigenvalue weighted by Gasteiger charge is 2.27. The Bertz CT molecular complexity index is 541. The molecule has 1 aromatic carbocycles. The zero-order valence-corrected chi connectivity index (χ0v) is 15.5. The summed E-state index contributed by atoms with van der Waals surface area (Å²) in [5.74, 6) is -0.0644. The lowest BCUT2D eigenvalue weighted by Gasteiger charge is -2.34. The van der Waals surface area contributed by atoms with Crippen molar-refractivity contribution in [3.8, 4) is 0 Å². The fourth-order valence-corrected chi connectivity index (χ4v) is 3.51. The van der Waals surface area contributed by atoms with Gasteiger partial charge < -0.3 is 11.1 Å². The van der Waals surface area contributed by atoms with Crippen LogP contribution in [0, 0.1) is 0 Å². The summed E-state index contributed by atoms with van der Waals surface area (Å²) >= 11 is 0. The van der Waals surface area contributed by atoms with Gasteiger partial charge in [-0.05, 0) is 50.8 Å². The van der Waals surface area contributed by atoms with Crippen LogP contribution >= 0.6 is 0 Å². The summed E-state index contributed by atoms with van der Waals surface area (Å²) < 4.78 is 0. The monoisotopic (exact) mass is 331 g/mol. The Labute approximate surface area is 146 Å². The maximum absolute atomic E-state index is 12.3. The highest BCUT2D eigenvalue weighted by Crippen LogP contribution is 2.21. The molecule has 1 amide bonds. The lowest BCUT2D eigenvalue weighted by Crippen LogP contribution is -2.51. The van der Waals surface area contributed by atoms with Crippen LogP contribution in [0.4, 0.5) is 0 Å². The first-order valence-corrected chi connectivity index (χ1v) is 9.32. The van der Waals surface area contributed by atoms with Gasteiger partial charge in [-0.15, -0.1) is 0 Å². The molecule has 1 saturated heterocycles. The minimum Gasteiger partial charge on any atom is -0.350 e. The minimum absolute atomic E-state index is 0.0644. The van der Waals surface area contributed by atoms with Gasteiger partial charge in [0.1, 0.15) is 0 Å². The first kappa shape index (κ1) is 18.9. The zero-order chi connectivity index (χ0) is 17.6. The smallest absolute Gasteiger partial charge is 0.240 e. The Morgan fingerprint density at radius 2 is 2.04 bits per heavy atom. The van der Waals surface area contributed by atoms with Gasteiger partial charge in [0.25, 0.3) is 0 Å².